The Balaban J connectivity index is 1.40. The summed E-state index contributed by atoms with van der Waals surface area (Å²) in [6, 6.07) is 20.3. The van der Waals surface area contributed by atoms with Crippen molar-refractivity contribution >= 4 is 11.6 Å². The van der Waals surface area contributed by atoms with Crippen LogP contribution in [0.5, 0.6) is 0 Å². The smallest absolute Gasteiger partial charge is 0.257 e. The number of morpholine rings is 1. The highest BCUT2D eigenvalue weighted by Gasteiger charge is 2.17. The van der Waals surface area contributed by atoms with Gasteiger partial charge in [0, 0.05) is 42.4 Å². The number of nitrogens with one attached hydrogen (secondary N) is 1. The fourth-order valence-corrected chi connectivity index (χ4v) is 4.03. The lowest BCUT2D eigenvalue weighted by atomic mass is 10.1. The van der Waals surface area contributed by atoms with Crippen molar-refractivity contribution in [2.45, 2.75) is 20.3 Å². The van der Waals surface area contributed by atoms with Crippen molar-refractivity contribution in [3.8, 4) is 5.69 Å². The van der Waals surface area contributed by atoms with Crippen LogP contribution >= 0.6 is 0 Å². The molecule has 1 saturated heterocycles. The van der Waals surface area contributed by atoms with E-state index in [4.69, 9.17) is 4.74 Å². The van der Waals surface area contributed by atoms with E-state index < -0.39 is 0 Å². The lowest BCUT2D eigenvalue weighted by Gasteiger charge is -2.26. The molecule has 156 valence electrons. The summed E-state index contributed by atoms with van der Waals surface area (Å²) < 4.78 is 7.51. The van der Waals surface area contributed by atoms with Gasteiger partial charge in [-0.25, -0.2) is 0 Å². The Labute approximate surface area is 178 Å². The summed E-state index contributed by atoms with van der Waals surface area (Å²) >= 11 is 0. The molecule has 3 aromatic rings. The van der Waals surface area contributed by atoms with Gasteiger partial charge in [-0.15, -0.1) is 0 Å². The van der Waals surface area contributed by atoms with Crippen LogP contribution in [-0.4, -0.2) is 48.2 Å². The van der Waals surface area contributed by atoms with Crippen LogP contribution in [0.25, 0.3) is 5.69 Å². The monoisotopic (exact) mass is 403 g/mol. The third kappa shape index (κ3) is 4.64. The molecule has 1 N–H and O–H groups in total. The van der Waals surface area contributed by atoms with E-state index in [-0.39, 0.29) is 5.91 Å². The van der Waals surface area contributed by atoms with Crippen LogP contribution < -0.4 is 5.32 Å². The average molecular weight is 404 g/mol. The molecule has 1 amide bonds. The number of hydrogen-bond acceptors (Lipinski definition) is 3. The van der Waals surface area contributed by atoms with Crippen LogP contribution in [-0.2, 0) is 11.2 Å². The van der Waals surface area contributed by atoms with Crippen molar-refractivity contribution in [1.29, 1.82) is 0 Å². The van der Waals surface area contributed by atoms with Gasteiger partial charge >= 0.3 is 0 Å². The minimum absolute atomic E-state index is 0.0775. The predicted molar refractivity (Wildman–Crippen MR) is 121 cm³/mol. The number of ether oxygens (including phenoxy) is 1. The van der Waals surface area contributed by atoms with E-state index in [9.17, 15) is 4.79 Å². The van der Waals surface area contributed by atoms with Crippen LogP contribution in [0.15, 0.2) is 60.7 Å². The van der Waals surface area contributed by atoms with Crippen molar-refractivity contribution in [3.05, 3.63) is 83.2 Å². The molecule has 0 atom stereocenters. The first-order valence-electron chi connectivity index (χ1n) is 10.6. The first-order valence-corrected chi connectivity index (χ1v) is 10.6. The van der Waals surface area contributed by atoms with Crippen molar-refractivity contribution in [3.63, 3.8) is 0 Å². The van der Waals surface area contributed by atoms with Crippen LogP contribution in [0.2, 0.25) is 0 Å². The van der Waals surface area contributed by atoms with Gasteiger partial charge in [0.2, 0.25) is 0 Å². The number of carbonyl (C=O) groups excluding carboxylic acids is 1. The Morgan fingerprint density at radius 3 is 2.40 bits per heavy atom. The first-order chi connectivity index (χ1) is 14.6. The molecule has 0 bridgehead atoms. The molecule has 4 rings (SSSR count). The van der Waals surface area contributed by atoms with E-state index in [1.165, 1.54) is 5.56 Å². The molecule has 0 radical (unpaired) electrons. The van der Waals surface area contributed by atoms with Crippen LogP contribution in [0.1, 0.15) is 27.3 Å². The van der Waals surface area contributed by atoms with Crippen LogP contribution in [0, 0.1) is 13.8 Å². The fraction of sp³-hybridized carbons (Fsp3) is 0.320. The molecule has 5 heteroatoms. The number of aromatic nitrogens is 1. The van der Waals surface area contributed by atoms with Gasteiger partial charge in [-0.05, 0) is 56.2 Å². The van der Waals surface area contributed by atoms with Gasteiger partial charge in [-0.2, -0.15) is 0 Å². The molecule has 0 spiro atoms. The first kappa shape index (κ1) is 20.4. The standard InChI is InChI=1S/C25H29N3O2/c1-19-18-24(20(2)28(19)23-6-4-3-5-7-23)25(29)26-22-10-8-21(9-11-22)12-13-27-14-16-30-17-15-27/h3-11,18H,12-17H2,1-2H3,(H,26,29). The van der Waals surface area contributed by atoms with E-state index in [0.717, 1.165) is 62.0 Å². The lowest BCUT2D eigenvalue weighted by Crippen LogP contribution is -2.37. The Kier molecular flexibility index (Phi) is 6.31. The van der Waals surface area contributed by atoms with Crippen LogP contribution in [0.4, 0.5) is 5.69 Å². The second kappa shape index (κ2) is 9.28. The van der Waals surface area contributed by atoms with E-state index >= 15 is 0 Å². The van der Waals surface area contributed by atoms with Gasteiger partial charge < -0.3 is 14.6 Å². The Morgan fingerprint density at radius 2 is 1.70 bits per heavy atom. The predicted octanol–water partition coefficient (Wildman–Crippen LogP) is 4.22. The molecule has 30 heavy (non-hydrogen) atoms. The van der Waals surface area contributed by atoms with Crippen molar-refractivity contribution < 1.29 is 9.53 Å². The fourth-order valence-electron chi connectivity index (χ4n) is 4.03. The second-order valence-electron chi connectivity index (χ2n) is 7.81. The highest BCUT2D eigenvalue weighted by atomic mass is 16.5. The van der Waals surface area contributed by atoms with Gasteiger partial charge in [0.05, 0.1) is 18.8 Å². The van der Waals surface area contributed by atoms with E-state index in [1.54, 1.807) is 0 Å². The molecule has 1 aliphatic heterocycles. The molecule has 2 heterocycles. The van der Waals surface area contributed by atoms with E-state index in [2.05, 4.69) is 39.0 Å². The second-order valence-corrected chi connectivity index (χ2v) is 7.81. The largest absolute Gasteiger partial charge is 0.379 e. The van der Waals surface area contributed by atoms with E-state index in [0.29, 0.717) is 5.56 Å². The molecule has 1 fully saturated rings. The highest BCUT2D eigenvalue weighted by molar-refractivity contribution is 6.05. The molecule has 0 saturated carbocycles. The Morgan fingerprint density at radius 1 is 1.00 bits per heavy atom. The SMILES string of the molecule is Cc1cc(C(=O)Nc2ccc(CCN3CCOCC3)cc2)c(C)n1-c1ccccc1. The summed E-state index contributed by atoms with van der Waals surface area (Å²) in [4.78, 5) is 15.3. The summed E-state index contributed by atoms with van der Waals surface area (Å²) in [5, 5.41) is 3.04. The number of para-hydroxylation sites is 1. The van der Waals surface area contributed by atoms with Gasteiger partial charge in [0.1, 0.15) is 0 Å². The number of nitrogens with zero attached hydrogens (tertiary/aromatic N) is 2. The minimum atomic E-state index is -0.0775. The number of rotatable bonds is 6. The molecular formula is C25H29N3O2. The number of benzene rings is 2. The average Bonchev–Trinajstić information content (AvgIpc) is 3.08. The highest BCUT2D eigenvalue weighted by Crippen LogP contribution is 2.22. The third-order valence-corrected chi connectivity index (χ3v) is 5.72. The lowest BCUT2D eigenvalue weighted by molar-refractivity contribution is 0.0384. The van der Waals surface area contributed by atoms with E-state index in [1.807, 2.05) is 50.2 Å². The number of aryl methyl sites for hydroxylation is 1. The molecule has 1 aliphatic rings. The molecule has 0 unspecified atom stereocenters. The van der Waals surface area contributed by atoms with Crippen molar-refractivity contribution in [1.82, 2.24) is 9.47 Å². The maximum atomic E-state index is 12.9. The normalized spacial score (nSPS) is 14.6. The summed E-state index contributed by atoms with van der Waals surface area (Å²) in [7, 11) is 0. The number of anilines is 1. The summed E-state index contributed by atoms with van der Waals surface area (Å²) in [6.07, 6.45) is 1.01. The van der Waals surface area contributed by atoms with Gasteiger partial charge in [0.15, 0.2) is 0 Å². The molecule has 1 aromatic heterocycles. The maximum Gasteiger partial charge on any atom is 0.257 e. The number of amides is 1. The van der Waals surface area contributed by atoms with Gasteiger partial charge in [-0.1, -0.05) is 30.3 Å². The molecule has 2 aromatic carbocycles. The molecular weight excluding hydrogens is 374 g/mol. The summed E-state index contributed by atoms with van der Waals surface area (Å²) in [5.74, 6) is -0.0775. The van der Waals surface area contributed by atoms with Gasteiger partial charge in [-0.3, -0.25) is 9.69 Å². The quantitative estimate of drug-likeness (QED) is 0.670. The number of carbonyl (C=O) groups is 1. The molecule has 0 aliphatic carbocycles. The Bertz CT molecular complexity index is 987. The summed E-state index contributed by atoms with van der Waals surface area (Å²) in [6.45, 7) is 8.74. The minimum Gasteiger partial charge on any atom is -0.379 e. The summed E-state index contributed by atoms with van der Waals surface area (Å²) in [5.41, 5.74) is 5.85. The zero-order valence-corrected chi connectivity index (χ0v) is 17.7. The number of hydrogen-bond donors (Lipinski definition) is 1. The van der Waals surface area contributed by atoms with Gasteiger partial charge in [0.25, 0.3) is 5.91 Å². The Hall–Kier alpha value is -2.89. The van der Waals surface area contributed by atoms with Crippen molar-refractivity contribution in [2.75, 3.05) is 38.2 Å². The van der Waals surface area contributed by atoms with Crippen molar-refractivity contribution in [2.24, 2.45) is 0 Å². The third-order valence-electron chi connectivity index (χ3n) is 5.72. The maximum absolute atomic E-state index is 12.9. The zero-order chi connectivity index (χ0) is 20.9. The zero-order valence-electron chi connectivity index (χ0n) is 17.7. The van der Waals surface area contributed by atoms with Crippen LogP contribution in [0.3, 0.4) is 0 Å². The molecule has 5 nitrogen and oxygen atoms in total. The topological polar surface area (TPSA) is 46.5 Å².